The lowest BCUT2D eigenvalue weighted by Gasteiger charge is -2.35. The van der Waals surface area contributed by atoms with E-state index in [9.17, 15) is 14.4 Å². The van der Waals surface area contributed by atoms with Crippen LogP contribution < -0.4 is 10.6 Å². The van der Waals surface area contributed by atoms with Crippen LogP contribution in [0, 0.1) is 11.8 Å². The van der Waals surface area contributed by atoms with Gasteiger partial charge in [0.05, 0.1) is 13.0 Å². The van der Waals surface area contributed by atoms with Crippen molar-refractivity contribution in [2.75, 3.05) is 26.7 Å². The van der Waals surface area contributed by atoms with Gasteiger partial charge in [-0.25, -0.2) is 9.59 Å². The molecule has 0 radical (unpaired) electrons. The van der Waals surface area contributed by atoms with Crippen LogP contribution in [0.15, 0.2) is 72.8 Å². The van der Waals surface area contributed by atoms with Gasteiger partial charge in [0, 0.05) is 31.6 Å². The van der Waals surface area contributed by atoms with Crippen molar-refractivity contribution >= 4 is 28.7 Å². The quantitative estimate of drug-likeness (QED) is 0.296. The molecule has 0 spiro atoms. The Balaban J connectivity index is 1.36. The molecule has 45 heavy (non-hydrogen) atoms. The third-order valence-corrected chi connectivity index (χ3v) is 9.40. The number of carbonyl (C=O) groups is 3. The molecule has 240 valence electrons. The van der Waals surface area contributed by atoms with Crippen LogP contribution in [0.25, 0.3) is 10.8 Å². The van der Waals surface area contributed by atoms with Crippen molar-refractivity contribution in [3.8, 4) is 0 Å². The number of rotatable bonds is 8. The number of nitrogens with one attached hydrogen (secondary N) is 2. The van der Waals surface area contributed by atoms with E-state index in [1.165, 1.54) is 12.7 Å². The molecular weight excluding hydrogens is 566 g/mol. The molecule has 1 aliphatic heterocycles. The first-order valence-corrected chi connectivity index (χ1v) is 16.1. The van der Waals surface area contributed by atoms with Crippen molar-refractivity contribution in [1.82, 2.24) is 15.5 Å². The van der Waals surface area contributed by atoms with Gasteiger partial charge < -0.3 is 19.7 Å². The summed E-state index contributed by atoms with van der Waals surface area (Å²) in [4.78, 5) is 41.4. The molecule has 3 aromatic rings. The van der Waals surface area contributed by atoms with Gasteiger partial charge >= 0.3 is 18.0 Å². The molecule has 8 heteroatoms. The van der Waals surface area contributed by atoms with Crippen molar-refractivity contribution in [3.63, 3.8) is 0 Å². The van der Waals surface area contributed by atoms with Crippen LogP contribution in [-0.4, -0.2) is 61.3 Å². The Labute approximate surface area is 266 Å². The highest BCUT2D eigenvalue weighted by atomic mass is 16.6. The minimum atomic E-state index is -1.12. The fourth-order valence-electron chi connectivity index (χ4n) is 6.88. The Bertz CT molecular complexity index is 1490. The monoisotopic (exact) mass is 613 g/mol. The molecule has 1 aliphatic carbocycles. The van der Waals surface area contributed by atoms with Gasteiger partial charge in [0.2, 0.25) is 0 Å². The van der Waals surface area contributed by atoms with Crippen LogP contribution in [0.4, 0.5) is 4.79 Å². The first-order chi connectivity index (χ1) is 21.5. The van der Waals surface area contributed by atoms with Crippen molar-refractivity contribution < 1.29 is 23.9 Å². The number of hydrogen-bond acceptors (Lipinski definition) is 6. The summed E-state index contributed by atoms with van der Waals surface area (Å²) >= 11 is 0. The van der Waals surface area contributed by atoms with Crippen molar-refractivity contribution in [2.45, 2.75) is 76.5 Å². The summed E-state index contributed by atoms with van der Waals surface area (Å²) < 4.78 is 10.9. The zero-order valence-electron chi connectivity index (χ0n) is 27.2. The van der Waals surface area contributed by atoms with Gasteiger partial charge in [0.25, 0.3) is 0 Å². The molecular formula is C37H47N3O5. The van der Waals surface area contributed by atoms with E-state index in [0.717, 1.165) is 29.2 Å². The number of benzene rings is 3. The number of esters is 2. The summed E-state index contributed by atoms with van der Waals surface area (Å²) in [6, 6.07) is 24.4. The average Bonchev–Trinajstić information content (AvgIpc) is 3.47. The van der Waals surface area contributed by atoms with E-state index >= 15 is 0 Å². The second kappa shape index (κ2) is 13.6. The number of ether oxygens (including phenoxy) is 2. The fourth-order valence-corrected chi connectivity index (χ4v) is 6.88. The number of carbonyl (C=O) groups excluding carboxylic acids is 3. The Morgan fingerprint density at radius 1 is 0.844 bits per heavy atom. The highest BCUT2D eigenvalue weighted by Gasteiger charge is 2.43. The van der Waals surface area contributed by atoms with E-state index < -0.39 is 11.1 Å². The standard InChI is InChI=1S/C37H47N3O5/c1-36(2,3)45-34(42)37(4,32-17-11-15-25-14-9-10-16-30(25)32)38-22-28-23-40(24-31(28)26-12-7-6-8-13-26)35(43)39-29-20-18-27(19-21-29)33(41)44-5/h6-17,27-29,31,38H,18-24H2,1-5H3,(H,39,43)/t27?,28-,29?,31-,37-/m1/s1. The lowest BCUT2D eigenvalue weighted by molar-refractivity contribution is -0.163. The molecule has 2 aliphatic rings. The van der Waals surface area contributed by atoms with Gasteiger partial charge in [-0.2, -0.15) is 0 Å². The summed E-state index contributed by atoms with van der Waals surface area (Å²) in [5, 5.41) is 8.94. The third-order valence-electron chi connectivity index (χ3n) is 9.40. The molecule has 2 N–H and O–H groups in total. The summed E-state index contributed by atoms with van der Waals surface area (Å²) in [5.74, 6) is -0.436. The van der Waals surface area contributed by atoms with Crippen molar-refractivity contribution in [1.29, 1.82) is 0 Å². The maximum atomic E-state index is 14.0. The number of likely N-dealkylation sites (tertiary alicyclic amines) is 1. The largest absolute Gasteiger partial charge is 0.469 e. The molecule has 1 saturated heterocycles. The van der Waals surface area contributed by atoms with Crippen LogP contribution in [0.2, 0.25) is 0 Å². The van der Waals surface area contributed by atoms with Gasteiger partial charge in [-0.05, 0) is 81.2 Å². The third kappa shape index (κ3) is 7.50. The number of hydrogen-bond donors (Lipinski definition) is 2. The van der Waals surface area contributed by atoms with E-state index in [-0.39, 0.29) is 41.8 Å². The summed E-state index contributed by atoms with van der Waals surface area (Å²) in [6.45, 7) is 9.20. The Morgan fingerprint density at radius 2 is 1.51 bits per heavy atom. The van der Waals surface area contributed by atoms with Crippen LogP contribution in [0.5, 0.6) is 0 Å². The predicted octanol–water partition coefficient (Wildman–Crippen LogP) is 6.14. The molecule has 8 nitrogen and oxygen atoms in total. The van der Waals surface area contributed by atoms with Gasteiger partial charge in [-0.3, -0.25) is 10.1 Å². The molecule has 1 saturated carbocycles. The minimum absolute atomic E-state index is 0.0348. The van der Waals surface area contributed by atoms with E-state index in [1.54, 1.807) is 0 Å². The number of methoxy groups -OCH3 is 1. The van der Waals surface area contributed by atoms with Crippen LogP contribution in [-0.2, 0) is 24.6 Å². The lowest BCUT2D eigenvalue weighted by atomic mass is 9.85. The lowest BCUT2D eigenvalue weighted by Crippen LogP contribution is -2.51. The van der Waals surface area contributed by atoms with Gasteiger partial charge in [0.1, 0.15) is 11.1 Å². The van der Waals surface area contributed by atoms with Crippen LogP contribution in [0.1, 0.15) is 70.4 Å². The number of amides is 2. The molecule has 0 bridgehead atoms. The smallest absolute Gasteiger partial charge is 0.331 e. The molecule has 3 atom stereocenters. The Kier molecular flexibility index (Phi) is 9.82. The highest BCUT2D eigenvalue weighted by molar-refractivity contribution is 5.93. The summed E-state index contributed by atoms with van der Waals surface area (Å²) in [5.41, 5.74) is 0.252. The topological polar surface area (TPSA) is 97.0 Å². The maximum Gasteiger partial charge on any atom is 0.331 e. The van der Waals surface area contributed by atoms with Crippen LogP contribution >= 0.6 is 0 Å². The van der Waals surface area contributed by atoms with Gasteiger partial charge in [-0.15, -0.1) is 0 Å². The Hall–Kier alpha value is -3.91. The van der Waals surface area contributed by atoms with Crippen molar-refractivity contribution in [2.24, 2.45) is 11.8 Å². The van der Waals surface area contributed by atoms with E-state index in [2.05, 4.69) is 34.9 Å². The maximum absolute atomic E-state index is 14.0. The van der Waals surface area contributed by atoms with Gasteiger partial charge in [-0.1, -0.05) is 72.8 Å². The zero-order chi connectivity index (χ0) is 32.2. The van der Waals surface area contributed by atoms with Crippen LogP contribution in [0.3, 0.4) is 0 Å². The first kappa shape index (κ1) is 32.5. The van der Waals surface area contributed by atoms with Gasteiger partial charge in [0.15, 0.2) is 0 Å². The molecule has 0 unspecified atom stereocenters. The molecule has 2 fully saturated rings. The normalized spacial score (nSPS) is 23.3. The molecule has 2 amide bonds. The molecule has 3 aromatic carbocycles. The summed E-state index contributed by atoms with van der Waals surface area (Å²) in [7, 11) is 1.43. The van der Waals surface area contributed by atoms with E-state index in [1.807, 2.05) is 81.1 Å². The second-order valence-corrected chi connectivity index (χ2v) is 13.7. The number of nitrogens with zero attached hydrogens (tertiary/aromatic N) is 1. The van der Waals surface area contributed by atoms with E-state index in [0.29, 0.717) is 32.5 Å². The second-order valence-electron chi connectivity index (χ2n) is 13.7. The summed E-state index contributed by atoms with van der Waals surface area (Å²) in [6.07, 6.45) is 2.94. The SMILES string of the molecule is COC(=O)C1CCC(NC(=O)N2C[C@@H](CN[C@@](C)(C(=O)OC(C)(C)C)c3cccc4ccccc34)[C@@H](c3ccccc3)C2)CC1. The molecule has 5 rings (SSSR count). The van der Waals surface area contributed by atoms with E-state index in [4.69, 9.17) is 9.47 Å². The first-order valence-electron chi connectivity index (χ1n) is 16.1. The number of urea groups is 1. The predicted molar refractivity (Wildman–Crippen MR) is 176 cm³/mol. The Morgan fingerprint density at radius 3 is 2.20 bits per heavy atom. The highest BCUT2D eigenvalue weighted by Crippen LogP contribution is 2.36. The minimum Gasteiger partial charge on any atom is -0.469 e. The number of fused-ring (bicyclic) bond motifs is 1. The zero-order valence-corrected chi connectivity index (χ0v) is 27.2. The molecule has 1 heterocycles. The van der Waals surface area contributed by atoms with Crippen molar-refractivity contribution in [3.05, 3.63) is 83.9 Å². The fraction of sp³-hybridized carbons (Fsp3) is 0.486. The molecule has 0 aromatic heterocycles. The average molecular weight is 614 g/mol.